The van der Waals surface area contributed by atoms with Gasteiger partial charge in [-0.3, -0.25) is 14.7 Å². The van der Waals surface area contributed by atoms with Crippen LogP contribution < -0.4 is 10.2 Å². The maximum atomic E-state index is 12.4. The van der Waals surface area contributed by atoms with E-state index in [0.717, 1.165) is 27.7 Å². The lowest BCUT2D eigenvalue weighted by Crippen LogP contribution is -2.49. The predicted octanol–water partition coefficient (Wildman–Crippen LogP) is 5.30. The molecule has 0 aliphatic carbocycles. The zero-order chi connectivity index (χ0) is 29.7. The first-order valence-corrected chi connectivity index (χ1v) is 14.1. The number of para-hydroxylation sites is 1. The van der Waals surface area contributed by atoms with Crippen molar-refractivity contribution in [1.82, 2.24) is 15.1 Å². The van der Waals surface area contributed by atoms with E-state index in [0.29, 0.717) is 38.5 Å². The zero-order valence-corrected chi connectivity index (χ0v) is 24.0. The number of piperazine rings is 1. The molecule has 0 atom stereocenters. The summed E-state index contributed by atoms with van der Waals surface area (Å²) in [6.07, 6.45) is 1.64. The zero-order valence-electron chi connectivity index (χ0n) is 24.0. The van der Waals surface area contributed by atoms with Crippen LogP contribution in [-0.4, -0.2) is 65.9 Å². The summed E-state index contributed by atoms with van der Waals surface area (Å²) in [7, 11) is 0. The number of aromatic amines is 1. The van der Waals surface area contributed by atoms with E-state index in [1.165, 1.54) is 0 Å². The molecule has 1 aromatic heterocycles. The summed E-state index contributed by atoms with van der Waals surface area (Å²) < 4.78 is 10.3. The standard InChI is InChI=1S/C25H31N3O5.C7H6N2/c1-3-32-24(30)13-12-23(29)26-21-10-7-11-22(19(21)2)27-14-16-28(17-15-27)25(31)33-18-20-8-5-4-6-9-20;1-2-4-7-6(3-1)5-8-9-7/h4-11H,3,12-18H2,1-2H3,(H,26,29);1-5H,(H,8,9). The lowest BCUT2D eigenvalue weighted by atomic mass is 10.1. The van der Waals surface area contributed by atoms with Crippen molar-refractivity contribution < 1.29 is 23.9 Å². The summed E-state index contributed by atoms with van der Waals surface area (Å²) >= 11 is 0. The molecule has 0 unspecified atom stereocenters. The molecule has 1 saturated heterocycles. The molecule has 0 spiro atoms. The minimum atomic E-state index is -0.377. The molecule has 10 nitrogen and oxygen atoms in total. The molecular weight excluding hydrogens is 534 g/mol. The van der Waals surface area contributed by atoms with E-state index in [1.807, 2.05) is 85.9 Å². The second kappa shape index (κ2) is 15.2. The summed E-state index contributed by atoms with van der Waals surface area (Å²) in [4.78, 5) is 40.1. The van der Waals surface area contributed by atoms with Crippen molar-refractivity contribution in [1.29, 1.82) is 0 Å². The molecule has 10 heteroatoms. The number of benzene rings is 3. The van der Waals surface area contributed by atoms with E-state index in [2.05, 4.69) is 20.4 Å². The number of hydrogen-bond donors (Lipinski definition) is 2. The largest absolute Gasteiger partial charge is 0.466 e. The third-order valence-electron chi connectivity index (χ3n) is 6.87. The van der Waals surface area contributed by atoms with Gasteiger partial charge < -0.3 is 24.6 Å². The number of esters is 1. The monoisotopic (exact) mass is 571 g/mol. The fourth-order valence-corrected chi connectivity index (χ4v) is 4.59. The van der Waals surface area contributed by atoms with Gasteiger partial charge in [-0.1, -0.05) is 54.6 Å². The Kier molecular flexibility index (Phi) is 10.9. The highest BCUT2D eigenvalue weighted by atomic mass is 16.6. The first kappa shape index (κ1) is 30.1. The number of fused-ring (bicyclic) bond motifs is 1. The highest BCUT2D eigenvalue weighted by Crippen LogP contribution is 2.28. The average molecular weight is 572 g/mol. The van der Waals surface area contributed by atoms with Crippen molar-refractivity contribution in [3.8, 4) is 0 Å². The Hall–Kier alpha value is -4.86. The van der Waals surface area contributed by atoms with E-state index < -0.39 is 0 Å². The number of hydrogen-bond acceptors (Lipinski definition) is 7. The molecule has 3 aromatic carbocycles. The van der Waals surface area contributed by atoms with E-state index in [9.17, 15) is 14.4 Å². The van der Waals surface area contributed by atoms with Gasteiger partial charge in [0.2, 0.25) is 5.91 Å². The minimum Gasteiger partial charge on any atom is -0.466 e. The van der Waals surface area contributed by atoms with Crippen molar-refractivity contribution in [2.45, 2.75) is 33.3 Å². The molecule has 0 bridgehead atoms. The number of anilines is 2. The van der Waals surface area contributed by atoms with Gasteiger partial charge in [0.1, 0.15) is 6.61 Å². The molecule has 220 valence electrons. The average Bonchev–Trinajstić information content (AvgIpc) is 3.50. The third-order valence-corrected chi connectivity index (χ3v) is 6.87. The van der Waals surface area contributed by atoms with E-state index in [1.54, 1.807) is 11.8 Å². The van der Waals surface area contributed by atoms with Gasteiger partial charge in [0, 0.05) is 49.4 Å². The van der Waals surface area contributed by atoms with Crippen LogP contribution in [0.25, 0.3) is 10.9 Å². The molecule has 1 fully saturated rings. The molecule has 2 N–H and O–H groups in total. The van der Waals surface area contributed by atoms with Gasteiger partial charge in [-0.25, -0.2) is 4.79 Å². The molecule has 2 heterocycles. The molecule has 5 rings (SSSR count). The van der Waals surface area contributed by atoms with Crippen LogP contribution in [0.2, 0.25) is 0 Å². The number of nitrogens with one attached hydrogen (secondary N) is 2. The van der Waals surface area contributed by atoms with Crippen molar-refractivity contribution in [2.24, 2.45) is 0 Å². The van der Waals surface area contributed by atoms with Crippen LogP contribution in [0.5, 0.6) is 0 Å². The van der Waals surface area contributed by atoms with Crippen molar-refractivity contribution in [3.05, 3.63) is 90.1 Å². The SMILES string of the molecule is CCOC(=O)CCC(=O)Nc1cccc(N2CCN(C(=O)OCc3ccccc3)CC2)c1C.c1ccc2[nH]ncc2c1. The Morgan fingerprint density at radius 2 is 1.62 bits per heavy atom. The number of amides is 2. The van der Waals surface area contributed by atoms with Gasteiger partial charge in [0.05, 0.1) is 24.7 Å². The number of carbonyl (C=O) groups is 3. The van der Waals surface area contributed by atoms with E-state index in [4.69, 9.17) is 9.47 Å². The number of aromatic nitrogens is 2. The first-order valence-electron chi connectivity index (χ1n) is 14.1. The maximum Gasteiger partial charge on any atom is 0.410 e. The predicted molar refractivity (Wildman–Crippen MR) is 162 cm³/mol. The number of nitrogens with zero attached hydrogens (tertiary/aromatic N) is 3. The molecule has 1 aliphatic rings. The van der Waals surface area contributed by atoms with Crippen LogP contribution in [0.15, 0.2) is 79.0 Å². The lowest BCUT2D eigenvalue weighted by Gasteiger charge is -2.36. The highest BCUT2D eigenvalue weighted by molar-refractivity contribution is 5.94. The van der Waals surface area contributed by atoms with Crippen LogP contribution >= 0.6 is 0 Å². The van der Waals surface area contributed by atoms with Gasteiger partial charge in [0.15, 0.2) is 0 Å². The quantitative estimate of drug-likeness (QED) is 0.276. The molecule has 4 aromatic rings. The Labute approximate surface area is 245 Å². The fraction of sp³-hybridized carbons (Fsp3) is 0.312. The summed E-state index contributed by atoms with van der Waals surface area (Å²) in [5.41, 5.74) is 4.72. The van der Waals surface area contributed by atoms with Gasteiger partial charge in [-0.15, -0.1) is 0 Å². The van der Waals surface area contributed by atoms with E-state index in [-0.39, 0.29) is 37.4 Å². The number of rotatable bonds is 8. The van der Waals surface area contributed by atoms with E-state index >= 15 is 0 Å². The van der Waals surface area contributed by atoms with Crippen LogP contribution in [0.3, 0.4) is 0 Å². The Morgan fingerprint density at radius 1 is 0.881 bits per heavy atom. The number of carbonyl (C=O) groups excluding carboxylic acids is 3. The van der Waals surface area contributed by atoms with Gasteiger partial charge >= 0.3 is 12.1 Å². The topological polar surface area (TPSA) is 117 Å². The van der Waals surface area contributed by atoms with Gasteiger partial charge in [-0.05, 0) is 43.2 Å². The molecule has 2 amide bonds. The van der Waals surface area contributed by atoms with Crippen molar-refractivity contribution in [3.63, 3.8) is 0 Å². The molecular formula is C32H37N5O5. The second-order valence-electron chi connectivity index (χ2n) is 9.77. The van der Waals surface area contributed by atoms with Gasteiger partial charge in [-0.2, -0.15) is 5.10 Å². The summed E-state index contributed by atoms with van der Waals surface area (Å²) in [6.45, 7) is 6.71. The van der Waals surface area contributed by atoms with Crippen molar-refractivity contribution >= 4 is 40.2 Å². The Bertz CT molecular complexity index is 1430. The molecule has 1 aliphatic heterocycles. The maximum absolute atomic E-state index is 12.4. The summed E-state index contributed by atoms with van der Waals surface area (Å²) in [6, 6.07) is 23.4. The molecule has 0 radical (unpaired) electrons. The molecule has 42 heavy (non-hydrogen) atoms. The number of ether oxygens (including phenoxy) is 2. The summed E-state index contributed by atoms with van der Waals surface area (Å²) in [5, 5.41) is 10.8. The van der Waals surface area contributed by atoms with Gasteiger partial charge in [0.25, 0.3) is 0 Å². The van der Waals surface area contributed by atoms with Crippen molar-refractivity contribution in [2.75, 3.05) is 43.0 Å². The Balaban J connectivity index is 0.000000377. The van der Waals surface area contributed by atoms with Crippen LogP contribution in [0.4, 0.5) is 16.2 Å². The highest BCUT2D eigenvalue weighted by Gasteiger charge is 2.24. The fourth-order valence-electron chi connectivity index (χ4n) is 4.59. The lowest BCUT2D eigenvalue weighted by molar-refractivity contribution is -0.144. The van der Waals surface area contributed by atoms with Crippen LogP contribution in [-0.2, 0) is 25.7 Å². The first-order chi connectivity index (χ1) is 20.4. The number of H-pyrrole nitrogens is 1. The van der Waals surface area contributed by atoms with Crippen LogP contribution in [0, 0.1) is 6.92 Å². The normalized spacial score (nSPS) is 12.7. The van der Waals surface area contributed by atoms with Crippen LogP contribution in [0.1, 0.15) is 30.9 Å². The smallest absolute Gasteiger partial charge is 0.410 e. The molecule has 0 saturated carbocycles. The third kappa shape index (κ3) is 8.57. The minimum absolute atomic E-state index is 0.0563. The Morgan fingerprint density at radius 3 is 2.36 bits per heavy atom. The second-order valence-corrected chi connectivity index (χ2v) is 9.77. The summed E-state index contributed by atoms with van der Waals surface area (Å²) in [5.74, 6) is -0.604.